The normalized spacial score (nSPS) is 11.1. The summed E-state index contributed by atoms with van der Waals surface area (Å²) in [4.78, 5) is 12.4. The monoisotopic (exact) mass is 426 g/mol. The Hall–Kier alpha value is -3.19. The van der Waals surface area contributed by atoms with Crippen LogP contribution in [-0.4, -0.2) is 27.1 Å². The summed E-state index contributed by atoms with van der Waals surface area (Å²) in [5.41, 5.74) is 2.72. The van der Waals surface area contributed by atoms with Crippen molar-refractivity contribution in [2.75, 3.05) is 17.1 Å². The molecule has 0 saturated carbocycles. The molecule has 1 N–H and O–H groups in total. The molecule has 0 bridgehead atoms. The van der Waals surface area contributed by atoms with Crippen molar-refractivity contribution in [1.82, 2.24) is 5.32 Å². The van der Waals surface area contributed by atoms with Crippen LogP contribution >= 0.6 is 0 Å². The first-order valence-electron chi connectivity index (χ1n) is 9.47. The van der Waals surface area contributed by atoms with Crippen LogP contribution < -0.4 is 9.62 Å². The van der Waals surface area contributed by atoms with E-state index in [2.05, 4.69) is 5.32 Å². The first-order valence-corrected chi connectivity index (χ1v) is 11.3. The van der Waals surface area contributed by atoms with Gasteiger partial charge in [0.25, 0.3) is 5.91 Å². The van der Waals surface area contributed by atoms with E-state index in [1.165, 1.54) is 16.4 Å². The van der Waals surface area contributed by atoms with Crippen LogP contribution in [0, 0.1) is 5.82 Å². The number of benzene rings is 3. The molecule has 0 saturated heterocycles. The average Bonchev–Trinajstić information content (AvgIpc) is 2.73. The molecule has 0 aromatic heterocycles. The van der Waals surface area contributed by atoms with E-state index in [0.29, 0.717) is 24.2 Å². The maximum Gasteiger partial charge on any atom is 0.251 e. The van der Waals surface area contributed by atoms with E-state index in [4.69, 9.17) is 0 Å². The van der Waals surface area contributed by atoms with Crippen LogP contribution in [-0.2, 0) is 23.0 Å². The van der Waals surface area contributed by atoms with Gasteiger partial charge >= 0.3 is 0 Å². The van der Waals surface area contributed by atoms with Crippen molar-refractivity contribution in [3.05, 3.63) is 101 Å². The molecule has 5 nitrogen and oxygen atoms in total. The van der Waals surface area contributed by atoms with E-state index >= 15 is 0 Å². The fourth-order valence-electron chi connectivity index (χ4n) is 3.00. The summed E-state index contributed by atoms with van der Waals surface area (Å²) < 4.78 is 38.8. The van der Waals surface area contributed by atoms with Crippen molar-refractivity contribution in [1.29, 1.82) is 0 Å². The highest BCUT2D eigenvalue weighted by atomic mass is 32.2. The van der Waals surface area contributed by atoms with Gasteiger partial charge in [-0.15, -0.1) is 0 Å². The van der Waals surface area contributed by atoms with Crippen molar-refractivity contribution in [2.45, 2.75) is 13.0 Å². The third-order valence-corrected chi connectivity index (χ3v) is 5.74. The topological polar surface area (TPSA) is 66.5 Å². The van der Waals surface area contributed by atoms with E-state index in [1.54, 1.807) is 36.4 Å². The van der Waals surface area contributed by atoms with E-state index in [0.717, 1.165) is 17.4 Å². The Morgan fingerprint density at radius 2 is 1.53 bits per heavy atom. The number of sulfonamides is 1. The van der Waals surface area contributed by atoms with Crippen molar-refractivity contribution in [2.24, 2.45) is 0 Å². The van der Waals surface area contributed by atoms with Gasteiger partial charge in [-0.05, 0) is 53.9 Å². The molecular weight excluding hydrogens is 403 g/mol. The minimum Gasteiger partial charge on any atom is -0.352 e. The van der Waals surface area contributed by atoms with Crippen molar-refractivity contribution in [3.8, 4) is 0 Å². The molecule has 3 rings (SSSR count). The van der Waals surface area contributed by atoms with Gasteiger partial charge < -0.3 is 5.32 Å². The minimum absolute atomic E-state index is 0.211. The molecule has 7 heteroatoms. The maximum atomic E-state index is 12.9. The molecule has 156 valence electrons. The Balaban J connectivity index is 1.64. The van der Waals surface area contributed by atoms with E-state index in [-0.39, 0.29) is 18.3 Å². The van der Waals surface area contributed by atoms with Crippen LogP contribution in [0.15, 0.2) is 78.9 Å². The quantitative estimate of drug-likeness (QED) is 0.596. The van der Waals surface area contributed by atoms with Crippen LogP contribution in [0.4, 0.5) is 10.1 Å². The zero-order valence-electron chi connectivity index (χ0n) is 16.6. The van der Waals surface area contributed by atoms with Crippen molar-refractivity contribution >= 4 is 21.6 Å². The molecule has 30 heavy (non-hydrogen) atoms. The third-order valence-electron chi connectivity index (χ3n) is 4.60. The number of hydrogen-bond donors (Lipinski definition) is 1. The highest BCUT2D eigenvalue weighted by molar-refractivity contribution is 7.92. The second-order valence-corrected chi connectivity index (χ2v) is 8.84. The Morgan fingerprint density at radius 3 is 2.13 bits per heavy atom. The van der Waals surface area contributed by atoms with E-state index in [9.17, 15) is 17.6 Å². The summed E-state index contributed by atoms with van der Waals surface area (Å²) in [6.45, 7) is 0.624. The SMILES string of the molecule is CS(=O)(=O)N(Cc1ccccc1)c1ccc(C(=O)NCCc2ccc(F)cc2)cc1. The van der Waals surface area contributed by atoms with Crippen LogP contribution in [0.25, 0.3) is 0 Å². The van der Waals surface area contributed by atoms with Gasteiger partial charge in [-0.2, -0.15) is 0 Å². The second kappa shape index (κ2) is 9.54. The lowest BCUT2D eigenvalue weighted by molar-refractivity contribution is 0.0954. The number of hydrogen-bond acceptors (Lipinski definition) is 3. The van der Waals surface area contributed by atoms with Gasteiger partial charge in [0.05, 0.1) is 18.5 Å². The second-order valence-electron chi connectivity index (χ2n) is 6.93. The molecule has 0 aliphatic carbocycles. The Labute approximate surface area is 176 Å². The molecule has 0 fully saturated rings. The van der Waals surface area contributed by atoms with Gasteiger partial charge in [-0.25, -0.2) is 12.8 Å². The van der Waals surface area contributed by atoms with Gasteiger partial charge in [0, 0.05) is 12.1 Å². The number of nitrogens with one attached hydrogen (secondary N) is 1. The Bertz CT molecular complexity index is 1080. The van der Waals surface area contributed by atoms with Crippen molar-refractivity contribution in [3.63, 3.8) is 0 Å². The smallest absolute Gasteiger partial charge is 0.251 e. The lowest BCUT2D eigenvalue weighted by Gasteiger charge is -2.22. The lowest BCUT2D eigenvalue weighted by Crippen LogP contribution is -2.29. The summed E-state index contributed by atoms with van der Waals surface area (Å²) in [6.07, 6.45) is 1.75. The minimum atomic E-state index is -3.49. The lowest BCUT2D eigenvalue weighted by atomic mass is 10.1. The highest BCUT2D eigenvalue weighted by Gasteiger charge is 2.18. The predicted molar refractivity (Wildman–Crippen MR) is 116 cm³/mol. The van der Waals surface area contributed by atoms with Crippen LogP contribution in [0.1, 0.15) is 21.5 Å². The summed E-state index contributed by atoms with van der Waals surface area (Å²) in [5, 5.41) is 2.82. The summed E-state index contributed by atoms with van der Waals surface area (Å²) in [6, 6.07) is 21.9. The number of amides is 1. The molecule has 0 spiro atoms. The zero-order chi connectivity index (χ0) is 21.6. The molecule has 0 aliphatic heterocycles. The zero-order valence-corrected chi connectivity index (χ0v) is 17.4. The Morgan fingerprint density at radius 1 is 0.900 bits per heavy atom. The van der Waals surface area contributed by atoms with E-state index < -0.39 is 10.0 Å². The molecule has 0 atom stereocenters. The molecule has 0 unspecified atom stereocenters. The molecule has 0 radical (unpaired) electrons. The largest absolute Gasteiger partial charge is 0.352 e. The number of carbonyl (C=O) groups is 1. The molecule has 1 amide bonds. The standard InChI is InChI=1S/C23H23FN2O3S/c1-30(28,29)26(17-19-5-3-2-4-6-19)22-13-9-20(10-14-22)23(27)25-16-15-18-7-11-21(24)12-8-18/h2-14H,15-17H2,1H3,(H,25,27). The molecule has 0 heterocycles. The number of nitrogens with zero attached hydrogens (tertiary/aromatic N) is 1. The van der Waals surface area contributed by atoms with Crippen LogP contribution in [0.2, 0.25) is 0 Å². The summed E-state index contributed by atoms with van der Waals surface area (Å²) in [5.74, 6) is -0.545. The van der Waals surface area contributed by atoms with Crippen LogP contribution in [0.3, 0.4) is 0 Å². The van der Waals surface area contributed by atoms with Gasteiger partial charge in [-0.1, -0.05) is 42.5 Å². The van der Waals surface area contributed by atoms with Gasteiger partial charge in [-0.3, -0.25) is 9.10 Å². The highest BCUT2D eigenvalue weighted by Crippen LogP contribution is 2.21. The molecule has 3 aromatic rings. The summed E-state index contributed by atoms with van der Waals surface area (Å²) >= 11 is 0. The molecular formula is C23H23FN2O3S. The Kier molecular flexibility index (Phi) is 6.84. The van der Waals surface area contributed by atoms with Crippen molar-refractivity contribution < 1.29 is 17.6 Å². The first kappa shape index (κ1) is 21.5. The van der Waals surface area contributed by atoms with Gasteiger partial charge in [0.15, 0.2) is 0 Å². The van der Waals surface area contributed by atoms with Gasteiger partial charge in [0.2, 0.25) is 10.0 Å². The third kappa shape index (κ3) is 5.90. The molecule has 0 aliphatic rings. The van der Waals surface area contributed by atoms with Crippen LogP contribution in [0.5, 0.6) is 0 Å². The average molecular weight is 427 g/mol. The number of carbonyl (C=O) groups excluding carboxylic acids is 1. The number of anilines is 1. The summed E-state index contributed by atoms with van der Waals surface area (Å²) in [7, 11) is -3.49. The first-order chi connectivity index (χ1) is 14.3. The van der Waals surface area contributed by atoms with E-state index in [1.807, 2.05) is 30.3 Å². The number of halogens is 1. The fraction of sp³-hybridized carbons (Fsp3) is 0.174. The fourth-order valence-corrected chi connectivity index (χ4v) is 3.89. The predicted octanol–water partition coefficient (Wildman–Crippen LogP) is 3.76. The molecule has 3 aromatic carbocycles. The number of rotatable bonds is 8. The van der Waals surface area contributed by atoms with Gasteiger partial charge in [0.1, 0.15) is 5.82 Å². The maximum absolute atomic E-state index is 12.9.